The summed E-state index contributed by atoms with van der Waals surface area (Å²) in [6, 6.07) is 1.31. The van der Waals surface area contributed by atoms with Gasteiger partial charge in [-0.25, -0.2) is 4.79 Å². The monoisotopic (exact) mass is 196 g/mol. The molecular weight excluding hydrogens is 184 g/mol. The molecule has 4 nitrogen and oxygen atoms in total. The maximum absolute atomic E-state index is 11.4. The Balaban J connectivity index is 3.00. The summed E-state index contributed by atoms with van der Waals surface area (Å²) in [6.07, 6.45) is 1.78. The highest BCUT2D eigenvalue weighted by molar-refractivity contribution is 5.88. The molecule has 4 heteroatoms. The average Bonchev–Trinajstić information content (AvgIpc) is 2.17. The van der Waals surface area contributed by atoms with E-state index in [0.29, 0.717) is 12.2 Å². The minimum absolute atomic E-state index is 0.0518. The van der Waals surface area contributed by atoms with Gasteiger partial charge in [-0.15, -0.1) is 0 Å². The molecule has 0 fully saturated rings. The second-order valence-electron chi connectivity index (χ2n) is 2.70. The van der Waals surface area contributed by atoms with E-state index in [2.05, 4.69) is 4.74 Å². The zero-order valence-corrected chi connectivity index (χ0v) is 8.20. The molecule has 0 amide bonds. The van der Waals surface area contributed by atoms with Crippen molar-refractivity contribution in [2.45, 2.75) is 20.3 Å². The highest BCUT2D eigenvalue weighted by atomic mass is 16.5. The van der Waals surface area contributed by atoms with E-state index < -0.39 is 5.97 Å². The molecule has 0 spiro atoms. The van der Waals surface area contributed by atoms with Crippen LogP contribution in [-0.2, 0) is 11.2 Å². The molecule has 1 rings (SSSR count). The van der Waals surface area contributed by atoms with Crippen molar-refractivity contribution in [3.63, 3.8) is 0 Å². The Morgan fingerprint density at radius 2 is 2.21 bits per heavy atom. The van der Waals surface area contributed by atoms with Crippen molar-refractivity contribution in [3.8, 4) is 0 Å². The summed E-state index contributed by atoms with van der Waals surface area (Å²) in [7, 11) is 0. The Morgan fingerprint density at radius 3 is 2.71 bits per heavy atom. The van der Waals surface area contributed by atoms with Gasteiger partial charge >= 0.3 is 5.97 Å². The number of aryl methyl sites for hydroxylation is 1. The predicted molar refractivity (Wildman–Crippen MR) is 50.3 cm³/mol. The summed E-state index contributed by atoms with van der Waals surface area (Å²) >= 11 is 0. The Bertz CT molecular complexity index is 378. The first-order chi connectivity index (χ1) is 6.69. The molecule has 0 saturated heterocycles. The molecule has 0 N–H and O–H groups in total. The fourth-order valence-corrected chi connectivity index (χ4v) is 0.994. The molecule has 1 aromatic rings. The van der Waals surface area contributed by atoms with Gasteiger partial charge in [-0.3, -0.25) is 4.79 Å². The van der Waals surface area contributed by atoms with Crippen molar-refractivity contribution in [2.75, 3.05) is 6.61 Å². The Kier molecular flexibility index (Phi) is 3.45. The fraction of sp³-hybridized carbons (Fsp3) is 0.400. The van der Waals surface area contributed by atoms with Gasteiger partial charge in [-0.1, -0.05) is 6.92 Å². The van der Waals surface area contributed by atoms with Gasteiger partial charge in [-0.05, 0) is 6.92 Å². The zero-order chi connectivity index (χ0) is 10.6. The van der Waals surface area contributed by atoms with Gasteiger partial charge in [0.25, 0.3) is 0 Å². The molecule has 1 aromatic heterocycles. The summed E-state index contributed by atoms with van der Waals surface area (Å²) in [6.45, 7) is 3.79. The third-order valence-electron chi connectivity index (χ3n) is 1.73. The van der Waals surface area contributed by atoms with E-state index in [1.807, 2.05) is 6.92 Å². The molecule has 0 bridgehead atoms. The van der Waals surface area contributed by atoms with Gasteiger partial charge in [0.1, 0.15) is 17.6 Å². The molecule has 0 aromatic carbocycles. The summed E-state index contributed by atoms with van der Waals surface area (Å²) < 4.78 is 9.74. The smallest absolute Gasteiger partial charge is 0.345 e. The first-order valence-corrected chi connectivity index (χ1v) is 4.47. The number of hydrogen-bond donors (Lipinski definition) is 0. The van der Waals surface area contributed by atoms with E-state index in [1.54, 1.807) is 6.92 Å². The summed E-state index contributed by atoms with van der Waals surface area (Å²) in [4.78, 5) is 22.5. The van der Waals surface area contributed by atoms with E-state index in [9.17, 15) is 9.59 Å². The fourth-order valence-electron chi connectivity index (χ4n) is 0.994. The normalized spacial score (nSPS) is 9.86. The van der Waals surface area contributed by atoms with Crippen LogP contribution in [0.1, 0.15) is 30.0 Å². The van der Waals surface area contributed by atoms with Gasteiger partial charge in [0.15, 0.2) is 5.43 Å². The van der Waals surface area contributed by atoms with Crippen molar-refractivity contribution in [1.82, 2.24) is 0 Å². The number of rotatable bonds is 3. The minimum atomic E-state index is -0.635. The molecule has 0 aliphatic carbocycles. The van der Waals surface area contributed by atoms with Gasteiger partial charge in [-0.2, -0.15) is 0 Å². The summed E-state index contributed by atoms with van der Waals surface area (Å²) in [5.41, 5.74) is -0.407. The molecular formula is C10H12O4. The van der Waals surface area contributed by atoms with Crippen LogP contribution in [0.5, 0.6) is 0 Å². The van der Waals surface area contributed by atoms with Gasteiger partial charge in [0.2, 0.25) is 0 Å². The number of esters is 1. The predicted octanol–water partition coefficient (Wildman–Crippen LogP) is 1.38. The standard InChI is InChI=1S/C10H12O4/c1-3-7-5-9(11)8(6-14-7)10(12)13-4-2/h5-6H,3-4H2,1-2H3. The lowest BCUT2D eigenvalue weighted by Crippen LogP contribution is -2.16. The second kappa shape index (κ2) is 4.60. The van der Waals surface area contributed by atoms with E-state index in [-0.39, 0.29) is 17.6 Å². The molecule has 0 saturated carbocycles. The Labute approximate surface area is 81.5 Å². The van der Waals surface area contributed by atoms with Crippen molar-refractivity contribution in [3.05, 3.63) is 33.9 Å². The molecule has 76 valence electrons. The van der Waals surface area contributed by atoms with Crippen LogP contribution in [0.25, 0.3) is 0 Å². The van der Waals surface area contributed by atoms with Crippen LogP contribution in [0.4, 0.5) is 0 Å². The number of ether oxygens (including phenoxy) is 1. The Hall–Kier alpha value is -1.58. The molecule has 0 radical (unpaired) electrons. The van der Waals surface area contributed by atoms with Gasteiger partial charge in [0, 0.05) is 12.5 Å². The number of carbonyl (C=O) groups excluding carboxylic acids is 1. The SMILES string of the molecule is CCOC(=O)c1coc(CC)cc1=O. The Morgan fingerprint density at radius 1 is 1.50 bits per heavy atom. The lowest BCUT2D eigenvalue weighted by molar-refractivity contribution is 0.0522. The topological polar surface area (TPSA) is 56.5 Å². The van der Waals surface area contributed by atoms with Gasteiger partial charge < -0.3 is 9.15 Å². The quantitative estimate of drug-likeness (QED) is 0.685. The molecule has 1 heterocycles. The average molecular weight is 196 g/mol. The van der Waals surface area contributed by atoms with Crippen LogP contribution in [0, 0.1) is 0 Å². The third-order valence-corrected chi connectivity index (χ3v) is 1.73. The van der Waals surface area contributed by atoms with E-state index in [1.165, 1.54) is 6.07 Å². The molecule has 0 unspecified atom stereocenters. The lowest BCUT2D eigenvalue weighted by Gasteiger charge is -2.00. The molecule has 0 atom stereocenters. The van der Waals surface area contributed by atoms with Crippen LogP contribution < -0.4 is 5.43 Å². The van der Waals surface area contributed by atoms with Crippen LogP contribution in [-0.4, -0.2) is 12.6 Å². The van der Waals surface area contributed by atoms with Crippen molar-refractivity contribution < 1.29 is 13.9 Å². The van der Waals surface area contributed by atoms with E-state index in [0.717, 1.165) is 6.26 Å². The van der Waals surface area contributed by atoms with Crippen molar-refractivity contribution in [1.29, 1.82) is 0 Å². The first kappa shape index (κ1) is 10.5. The summed E-state index contributed by atoms with van der Waals surface area (Å²) in [5, 5.41) is 0. The third kappa shape index (κ3) is 2.22. The van der Waals surface area contributed by atoms with Crippen LogP contribution in [0.15, 0.2) is 21.5 Å². The molecule has 0 aliphatic heterocycles. The van der Waals surface area contributed by atoms with Crippen molar-refractivity contribution in [2.24, 2.45) is 0 Å². The van der Waals surface area contributed by atoms with Crippen LogP contribution in [0.3, 0.4) is 0 Å². The largest absolute Gasteiger partial charge is 0.468 e. The summed E-state index contributed by atoms with van der Waals surface area (Å²) in [5.74, 6) is -0.0769. The molecule has 0 aliphatic rings. The first-order valence-electron chi connectivity index (χ1n) is 4.47. The maximum Gasteiger partial charge on any atom is 0.345 e. The number of hydrogen-bond acceptors (Lipinski definition) is 4. The van der Waals surface area contributed by atoms with Crippen LogP contribution in [0.2, 0.25) is 0 Å². The maximum atomic E-state index is 11.4. The highest BCUT2D eigenvalue weighted by Gasteiger charge is 2.12. The minimum Gasteiger partial charge on any atom is -0.468 e. The van der Waals surface area contributed by atoms with Crippen molar-refractivity contribution >= 4 is 5.97 Å². The molecule has 14 heavy (non-hydrogen) atoms. The van der Waals surface area contributed by atoms with Crippen LogP contribution >= 0.6 is 0 Å². The highest BCUT2D eigenvalue weighted by Crippen LogP contribution is 2.00. The lowest BCUT2D eigenvalue weighted by atomic mass is 10.2. The zero-order valence-electron chi connectivity index (χ0n) is 8.20. The second-order valence-corrected chi connectivity index (χ2v) is 2.70. The van der Waals surface area contributed by atoms with Gasteiger partial charge in [0.05, 0.1) is 6.61 Å². The number of carbonyl (C=O) groups is 1. The van der Waals surface area contributed by atoms with E-state index >= 15 is 0 Å². The van der Waals surface area contributed by atoms with E-state index in [4.69, 9.17) is 4.42 Å².